The highest BCUT2D eigenvalue weighted by Gasteiger charge is 2.46. The lowest BCUT2D eigenvalue weighted by Crippen LogP contribution is -2.36. The minimum atomic E-state index is -0.629. The van der Waals surface area contributed by atoms with Gasteiger partial charge in [0.1, 0.15) is 0 Å². The molecule has 0 aliphatic carbocycles. The molecule has 0 amide bonds. The molecule has 1 atom stereocenters. The van der Waals surface area contributed by atoms with Crippen LogP contribution in [0.4, 0.5) is 17.1 Å². The molecule has 10 aromatic rings. The van der Waals surface area contributed by atoms with Crippen molar-refractivity contribution in [3.63, 3.8) is 0 Å². The number of benzene rings is 9. The van der Waals surface area contributed by atoms with Crippen LogP contribution in [0.3, 0.4) is 0 Å². The number of nitrogens with zero attached hydrogens (tertiary/aromatic N) is 2. The van der Waals surface area contributed by atoms with Crippen molar-refractivity contribution in [2.24, 2.45) is 0 Å². The van der Waals surface area contributed by atoms with Gasteiger partial charge in [0.15, 0.2) is 0 Å². The number of aromatic nitrogens is 1. The lowest BCUT2D eigenvalue weighted by atomic mass is 9.63. The summed E-state index contributed by atoms with van der Waals surface area (Å²) in [6.45, 7) is 0. The van der Waals surface area contributed by atoms with E-state index in [1.165, 1.54) is 76.9 Å². The van der Waals surface area contributed by atoms with Crippen LogP contribution >= 0.6 is 11.8 Å². The molecule has 280 valence electrons. The smallest absolute Gasteiger partial charge is 0.0754 e. The van der Waals surface area contributed by atoms with Gasteiger partial charge in [-0.05, 0) is 105 Å². The zero-order valence-corrected chi connectivity index (χ0v) is 33.5. The largest absolute Gasteiger partial charge is 0.310 e. The second-order valence-corrected chi connectivity index (χ2v) is 16.1. The number of thioether (sulfide) groups is 1. The molecule has 1 aromatic heterocycles. The van der Waals surface area contributed by atoms with Crippen LogP contribution in [0.15, 0.2) is 229 Å². The summed E-state index contributed by atoms with van der Waals surface area (Å²) in [6.07, 6.45) is 2.20. The van der Waals surface area contributed by atoms with Gasteiger partial charge in [-0.1, -0.05) is 170 Å². The van der Waals surface area contributed by atoms with E-state index in [4.69, 9.17) is 0 Å². The average molecular weight is 773 g/mol. The Labute approximate surface area is 349 Å². The number of hydrogen-bond donors (Lipinski definition) is 0. The maximum atomic E-state index is 2.51. The fourth-order valence-corrected chi connectivity index (χ4v) is 10.3. The van der Waals surface area contributed by atoms with Crippen molar-refractivity contribution in [2.45, 2.75) is 10.3 Å². The van der Waals surface area contributed by atoms with Gasteiger partial charge >= 0.3 is 0 Å². The van der Waals surface area contributed by atoms with E-state index in [2.05, 4.69) is 240 Å². The van der Waals surface area contributed by atoms with Gasteiger partial charge in [-0.25, -0.2) is 0 Å². The molecule has 0 fully saturated rings. The molecular weight excluding hydrogens is 733 g/mol. The highest BCUT2D eigenvalue weighted by Crippen LogP contribution is 2.56. The van der Waals surface area contributed by atoms with Gasteiger partial charge in [0.2, 0.25) is 0 Å². The topological polar surface area (TPSA) is 8.17 Å². The Balaban J connectivity index is 1.18. The van der Waals surface area contributed by atoms with Crippen molar-refractivity contribution in [1.29, 1.82) is 0 Å². The summed E-state index contributed by atoms with van der Waals surface area (Å²) in [7, 11) is 0. The average Bonchev–Trinajstić information content (AvgIpc) is 3.66. The first-order valence-corrected chi connectivity index (χ1v) is 21.4. The van der Waals surface area contributed by atoms with Gasteiger partial charge < -0.3 is 9.47 Å². The van der Waals surface area contributed by atoms with Gasteiger partial charge in [-0.3, -0.25) is 0 Å². The van der Waals surface area contributed by atoms with Gasteiger partial charge in [-0.2, -0.15) is 0 Å². The van der Waals surface area contributed by atoms with Crippen LogP contribution in [0, 0.1) is 0 Å². The summed E-state index contributed by atoms with van der Waals surface area (Å²) in [5.74, 6) is 0. The van der Waals surface area contributed by atoms with Crippen LogP contribution in [0.2, 0.25) is 0 Å². The standard InChI is InChI=1S/C56H40N2S/c1-59-54-29-13-10-25-50(54)56(49-24-9-12-28-53(49)58-52-27-11-8-22-47(52)48-23-15-26-51(56)55(48)58)43-20-14-21-46(38-43)57(44-34-30-41(31-35-44)39-16-4-2-5-17-39)45-36-32-42(33-37-45)40-18-6-3-7-19-40/h2-38H,1H3. The molecule has 0 saturated carbocycles. The lowest BCUT2D eigenvalue weighted by Gasteiger charge is -2.43. The third-order valence-electron chi connectivity index (χ3n) is 12.2. The highest BCUT2D eigenvalue weighted by atomic mass is 32.2. The minimum Gasteiger partial charge on any atom is -0.310 e. The van der Waals surface area contributed by atoms with E-state index in [0.717, 1.165) is 17.1 Å². The molecule has 0 spiro atoms. The first-order chi connectivity index (χ1) is 29.2. The molecule has 0 radical (unpaired) electrons. The molecule has 2 nitrogen and oxygen atoms in total. The molecule has 1 aliphatic rings. The Kier molecular flexibility index (Phi) is 8.57. The van der Waals surface area contributed by atoms with Crippen LogP contribution in [0.1, 0.15) is 22.3 Å². The fourth-order valence-electron chi connectivity index (χ4n) is 9.61. The molecule has 0 N–H and O–H groups in total. The quantitative estimate of drug-likeness (QED) is 0.142. The Morgan fingerprint density at radius 1 is 0.407 bits per heavy atom. The van der Waals surface area contributed by atoms with Gasteiger partial charge in [0.05, 0.1) is 22.1 Å². The van der Waals surface area contributed by atoms with E-state index >= 15 is 0 Å². The van der Waals surface area contributed by atoms with Crippen molar-refractivity contribution in [3.8, 4) is 27.9 Å². The molecule has 1 aliphatic heterocycles. The van der Waals surface area contributed by atoms with Gasteiger partial charge in [0.25, 0.3) is 0 Å². The minimum absolute atomic E-state index is 0.629. The number of para-hydroxylation sites is 3. The zero-order chi connectivity index (χ0) is 39.3. The molecule has 59 heavy (non-hydrogen) atoms. The maximum absolute atomic E-state index is 2.51. The van der Waals surface area contributed by atoms with Crippen LogP contribution in [-0.4, -0.2) is 10.8 Å². The molecule has 9 aromatic carbocycles. The number of anilines is 3. The van der Waals surface area contributed by atoms with Crippen LogP contribution in [-0.2, 0) is 5.41 Å². The fraction of sp³-hybridized carbons (Fsp3) is 0.0357. The van der Waals surface area contributed by atoms with Crippen molar-refractivity contribution in [3.05, 3.63) is 247 Å². The third kappa shape index (κ3) is 5.57. The Morgan fingerprint density at radius 3 is 1.61 bits per heavy atom. The van der Waals surface area contributed by atoms with E-state index in [1.807, 2.05) is 11.8 Å². The zero-order valence-electron chi connectivity index (χ0n) is 32.7. The van der Waals surface area contributed by atoms with E-state index in [1.54, 1.807) is 0 Å². The Bertz CT molecular complexity index is 3050. The van der Waals surface area contributed by atoms with Gasteiger partial charge in [-0.15, -0.1) is 11.8 Å². The molecule has 2 heterocycles. The molecule has 0 saturated heterocycles. The molecule has 11 rings (SSSR count). The second kappa shape index (κ2) is 14.4. The van der Waals surface area contributed by atoms with E-state index in [0.29, 0.717) is 0 Å². The lowest BCUT2D eigenvalue weighted by molar-refractivity contribution is 0.712. The summed E-state index contributed by atoms with van der Waals surface area (Å²) in [6, 6.07) is 82.5. The van der Waals surface area contributed by atoms with Crippen molar-refractivity contribution in [2.75, 3.05) is 11.2 Å². The first-order valence-electron chi connectivity index (χ1n) is 20.2. The van der Waals surface area contributed by atoms with Crippen molar-refractivity contribution >= 4 is 50.6 Å². The maximum Gasteiger partial charge on any atom is 0.0754 e. The normalized spacial score (nSPS) is 14.3. The van der Waals surface area contributed by atoms with Crippen molar-refractivity contribution < 1.29 is 0 Å². The summed E-state index contributed by atoms with van der Waals surface area (Å²) in [4.78, 5) is 3.67. The SMILES string of the molecule is CSc1ccccc1C1(c2cccc(N(c3ccc(-c4ccccc4)cc3)c3ccc(-c4ccccc4)cc3)c2)c2ccccc2-n2c3ccccc3c3cccc1c32. The first kappa shape index (κ1) is 35.1. The molecule has 3 heteroatoms. The van der Waals surface area contributed by atoms with Crippen LogP contribution in [0.5, 0.6) is 0 Å². The summed E-state index contributed by atoms with van der Waals surface area (Å²) < 4.78 is 2.51. The van der Waals surface area contributed by atoms with E-state index < -0.39 is 5.41 Å². The number of fused-ring (bicyclic) bond motifs is 5. The number of rotatable bonds is 8. The van der Waals surface area contributed by atoms with Crippen LogP contribution in [0.25, 0.3) is 49.7 Å². The Hall–Kier alpha value is -7.07. The van der Waals surface area contributed by atoms with E-state index in [9.17, 15) is 0 Å². The second-order valence-electron chi connectivity index (χ2n) is 15.2. The van der Waals surface area contributed by atoms with E-state index in [-0.39, 0.29) is 0 Å². The predicted octanol–water partition coefficient (Wildman–Crippen LogP) is 15.0. The highest BCUT2D eigenvalue weighted by molar-refractivity contribution is 7.98. The molecular formula is C56H40N2S. The monoisotopic (exact) mass is 772 g/mol. The van der Waals surface area contributed by atoms with Crippen molar-refractivity contribution in [1.82, 2.24) is 4.57 Å². The van der Waals surface area contributed by atoms with Gasteiger partial charge in [0, 0.05) is 32.7 Å². The summed E-state index contributed by atoms with van der Waals surface area (Å²) >= 11 is 1.82. The summed E-state index contributed by atoms with van der Waals surface area (Å²) in [5.41, 5.74) is 16.2. The molecule has 1 unspecified atom stereocenters. The number of hydrogen-bond acceptors (Lipinski definition) is 2. The predicted molar refractivity (Wildman–Crippen MR) is 250 cm³/mol. The third-order valence-corrected chi connectivity index (χ3v) is 13.0. The molecule has 0 bridgehead atoms. The summed E-state index contributed by atoms with van der Waals surface area (Å²) in [5, 5.41) is 2.54. The Morgan fingerprint density at radius 2 is 0.932 bits per heavy atom. The van der Waals surface area contributed by atoms with Crippen LogP contribution < -0.4 is 4.90 Å².